The lowest BCUT2D eigenvalue weighted by Crippen LogP contribution is -2.25. The van der Waals surface area contributed by atoms with Gasteiger partial charge >= 0.3 is 0 Å². The van der Waals surface area contributed by atoms with Crippen molar-refractivity contribution < 1.29 is 22.0 Å². The molecule has 212 valence electrons. The summed E-state index contributed by atoms with van der Waals surface area (Å²) < 4.78 is 47.2. The molecule has 7 nitrogen and oxygen atoms in total. The Bertz CT molecular complexity index is 2120. The fraction of sp³-hybridized carbons (Fsp3) is 0.125. The van der Waals surface area contributed by atoms with Gasteiger partial charge in [-0.05, 0) is 60.0 Å². The van der Waals surface area contributed by atoms with Crippen LogP contribution in [0.4, 0.5) is 10.1 Å². The van der Waals surface area contributed by atoms with Gasteiger partial charge in [-0.15, -0.1) is 11.3 Å². The van der Waals surface area contributed by atoms with Crippen LogP contribution in [0.5, 0.6) is 0 Å². The second-order valence-electron chi connectivity index (χ2n) is 10.2. The molecule has 0 spiro atoms. The summed E-state index contributed by atoms with van der Waals surface area (Å²) in [6, 6.07) is 23.0. The van der Waals surface area contributed by atoms with Crippen LogP contribution in [-0.4, -0.2) is 32.6 Å². The molecule has 0 saturated heterocycles. The van der Waals surface area contributed by atoms with E-state index >= 15 is 0 Å². The van der Waals surface area contributed by atoms with Crippen molar-refractivity contribution in [2.75, 3.05) is 17.6 Å². The van der Waals surface area contributed by atoms with Crippen molar-refractivity contribution in [3.05, 3.63) is 107 Å². The molecule has 42 heavy (non-hydrogen) atoms. The molecule has 0 aliphatic heterocycles. The number of thiazole rings is 1. The Morgan fingerprint density at radius 2 is 1.76 bits per heavy atom. The highest BCUT2D eigenvalue weighted by Crippen LogP contribution is 2.41. The van der Waals surface area contributed by atoms with Crippen molar-refractivity contribution in [3.8, 4) is 21.7 Å². The van der Waals surface area contributed by atoms with E-state index in [-0.39, 0.29) is 17.8 Å². The Kier molecular flexibility index (Phi) is 6.83. The number of nitrogens with zero attached hydrogens (tertiary/aromatic N) is 2. The van der Waals surface area contributed by atoms with Gasteiger partial charge in [0.2, 0.25) is 10.0 Å². The van der Waals surface area contributed by atoms with Crippen LogP contribution in [0.25, 0.3) is 42.9 Å². The van der Waals surface area contributed by atoms with E-state index in [9.17, 15) is 17.6 Å². The first kappa shape index (κ1) is 27.6. The lowest BCUT2D eigenvalue weighted by molar-refractivity contribution is 0.1000. The highest BCUT2D eigenvalue weighted by Gasteiger charge is 2.25. The normalized spacial score (nSPS) is 11.8. The predicted octanol–water partition coefficient (Wildman–Crippen LogP) is 6.91. The Morgan fingerprint density at radius 3 is 2.48 bits per heavy atom. The Hall–Kier alpha value is -4.54. The Labute approximate surface area is 246 Å². The number of nitrogens with two attached hydrogens (primary N) is 1. The maximum Gasteiger partial charge on any atom is 0.252 e. The van der Waals surface area contributed by atoms with E-state index in [2.05, 4.69) is 6.07 Å². The van der Waals surface area contributed by atoms with Crippen molar-refractivity contribution in [2.45, 2.75) is 13.3 Å². The molecule has 1 amide bonds. The number of hydrogen-bond donors (Lipinski definition) is 1. The highest BCUT2D eigenvalue weighted by atomic mass is 32.2. The number of amides is 1. The fourth-order valence-corrected chi connectivity index (χ4v) is 6.58. The Morgan fingerprint density at radius 1 is 1.02 bits per heavy atom. The van der Waals surface area contributed by atoms with Crippen molar-refractivity contribution in [1.82, 2.24) is 4.98 Å². The molecule has 0 saturated carbocycles. The number of fused-ring (bicyclic) bond motifs is 2. The van der Waals surface area contributed by atoms with Crippen LogP contribution in [-0.2, 0) is 16.4 Å². The summed E-state index contributed by atoms with van der Waals surface area (Å²) in [6.45, 7) is 2.04. The minimum absolute atomic E-state index is 0.196. The molecule has 4 aromatic carbocycles. The van der Waals surface area contributed by atoms with Gasteiger partial charge in [0.15, 0.2) is 0 Å². The summed E-state index contributed by atoms with van der Waals surface area (Å²) >= 11 is 1.58. The minimum atomic E-state index is -3.66. The van der Waals surface area contributed by atoms with Crippen LogP contribution in [0.2, 0.25) is 0 Å². The third kappa shape index (κ3) is 5.15. The van der Waals surface area contributed by atoms with Crippen LogP contribution in [0, 0.1) is 12.7 Å². The number of aromatic nitrogens is 1. The number of carbonyl (C=O) groups is 1. The van der Waals surface area contributed by atoms with E-state index in [0.29, 0.717) is 28.0 Å². The van der Waals surface area contributed by atoms with Crippen molar-refractivity contribution in [3.63, 3.8) is 0 Å². The number of benzene rings is 4. The van der Waals surface area contributed by atoms with Gasteiger partial charge in [-0.2, -0.15) is 0 Å². The molecule has 0 aliphatic carbocycles. The first-order valence-electron chi connectivity index (χ1n) is 13.0. The number of halogens is 1. The molecule has 2 N–H and O–H groups in total. The number of sulfonamides is 1. The van der Waals surface area contributed by atoms with E-state index in [1.807, 2.05) is 43.3 Å². The number of rotatable bonds is 7. The van der Waals surface area contributed by atoms with Crippen LogP contribution < -0.4 is 10.0 Å². The van der Waals surface area contributed by atoms with E-state index < -0.39 is 15.9 Å². The molecule has 0 fully saturated rings. The molecule has 0 atom stereocenters. The van der Waals surface area contributed by atoms with Crippen LogP contribution >= 0.6 is 11.3 Å². The standard InChI is InChI=1S/C32H26FN3O4S2/c1-18-7-12-25-29(13-18)41-32(35-25)21-6-4-5-20(15-21)23-16-24-27(17-26(23)36(2)42(3,38)39)40-28(30(24)31(34)37)14-19-8-10-22(33)11-9-19/h4-13,15-17H,14H2,1-3H3,(H2,34,37). The molecule has 10 heteroatoms. The van der Waals surface area contributed by atoms with Crippen LogP contribution in [0.3, 0.4) is 0 Å². The molecule has 6 rings (SSSR count). The second kappa shape index (κ2) is 10.4. The smallest absolute Gasteiger partial charge is 0.252 e. The average molecular weight is 600 g/mol. The van der Waals surface area contributed by atoms with E-state index in [1.165, 1.54) is 23.5 Å². The number of carbonyl (C=O) groups excluding carboxylic acids is 1. The van der Waals surface area contributed by atoms with Crippen LogP contribution in [0.15, 0.2) is 83.3 Å². The number of anilines is 1. The van der Waals surface area contributed by atoms with Crippen molar-refractivity contribution >= 4 is 54.1 Å². The topological polar surface area (TPSA) is 106 Å². The highest BCUT2D eigenvalue weighted by molar-refractivity contribution is 7.92. The zero-order valence-corrected chi connectivity index (χ0v) is 24.6. The number of hydrogen-bond acceptors (Lipinski definition) is 6. The predicted molar refractivity (Wildman–Crippen MR) is 166 cm³/mol. The van der Waals surface area contributed by atoms with Gasteiger partial charge in [0.05, 0.1) is 27.7 Å². The van der Waals surface area contributed by atoms with Gasteiger partial charge in [0, 0.05) is 36.0 Å². The van der Waals surface area contributed by atoms with E-state index in [4.69, 9.17) is 15.1 Å². The van der Waals surface area contributed by atoms with Crippen LogP contribution in [0.1, 0.15) is 27.2 Å². The lowest BCUT2D eigenvalue weighted by Gasteiger charge is -2.21. The van der Waals surface area contributed by atoms with Gasteiger partial charge in [-0.3, -0.25) is 9.10 Å². The average Bonchev–Trinajstić information content (AvgIpc) is 3.53. The van der Waals surface area contributed by atoms with Crippen molar-refractivity contribution in [2.24, 2.45) is 5.73 Å². The third-order valence-corrected chi connectivity index (χ3v) is 9.46. The zero-order chi connectivity index (χ0) is 29.8. The lowest BCUT2D eigenvalue weighted by atomic mass is 9.97. The molecule has 6 aromatic rings. The summed E-state index contributed by atoms with van der Waals surface area (Å²) in [4.78, 5) is 17.5. The van der Waals surface area contributed by atoms with Gasteiger partial charge < -0.3 is 10.2 Å². The first-order chi connectivity index (χ1) is 20.0. The van der Waals surface area contributed by atoms with E-state index in [0.717, 1.165) is 43.7 Å². The molecule has 0 unspecified atom stereocenters. The maximum atomic E-state index is 13.5. The third-order valence-electron chi connectivity index (χ3n) is 7.20. The largest absolute Gasteiger partial charge is 0.460 e. The van der Waals surface area contributed by atoms with Gasteiger partial charge in [-0.1, -0.05) is 36.4 Å². The summed E-state index contributed by atoms with van der Waals surface area (Å²) in [5.41, 5.74) is 11.7. The quantitative estimate of drug-likeness (QED) is 0.215. The number of primary amides is 1. The summed E-state index contributed by atoms with van der Waals surface area (Å²) in [6.07, 6.45) is 1.32. The molecule has 2 heterocycles. The first-order valence-corrected chi connectivity index (χ1v) is 15.7. The second-order valence-corrected chi connectivity index (χ2v) is 13.3. The molecule has 0 aliphatic rings. The monoisotopic (exact) mass is 599 g/mol. The van der Waals surface area contributed by atoms with Gasteiger partial charge in [0.1, 0.15) is 22.2 Å². The maximum absolute atomic E-state index is 13.5. The minimum Gasteiger partial charge on any atom is -0.460 e. The molecule has 0 radical (unpaired) electrons. The summed E-state index contributed by atoms with van der Waals surface area (Å²) in [7, 11) is -2.19. The SMILES string of the molecule is Cc1ccc2nc(-c3cccc(-c4cc5c(C(N)=O)c(Cc6ccc(F)cc6)oc5cc4N(C)S(C)(=O)=O)c3)sc2c1. The molecular formula is C32H26FN3O4S2. The molecule has 2 aromatic heterocycles. The van der Waals surface area contributed by atoms with Crippen molar-refractivity contribution in [1.29, 1.82) is 0 Å². The summed E-state index contributed by atoms with van der Waals surface area (Å²) in [5, 5.41) is 1.29. The van der Waals surface area contributed by atoms with E-state index in [1.54, 1.807) is 35.6 Å². The van der Waals surface area contributed by atoms with Gasteiger partial charge in [0.25, 0.3) is 5.91 Å². The molecule has 0 bridgehead atoms. The summed E-state index contributed by atoms with van der Waals surface area (Å²) in [5.74, 6) is -0.743. The van der Waals surface area contributed by atoms with Gasteiger partial charge in [-0.25, -0.2) is 17.8 Å². The zero-order valence-electron chi connectivity index (χ0n) is 23.0. The number of aryl methyl sites for hydroxylation is 1. The fourth-order valence-electron chi connectivity index (χ4n) is 5.01. The Balaban J connectivity index is 1.54. The number of furan rings is 1. The molecular weight excluding hydrogens is 574 g/mol.